The van der Waals surface area contributed by atoms with E-state index in [0.29, 0.717) is 19.4 Å². The maximum atomic E-state index is 13.4. The summed E-state index contributed by atoms with van der Waals surface area (Å²) >= 11 is 0. The summed E-state index contributed by atoms with van der Waals surface area (Å²) in [4.78, 5) is 41.5. The van der Waals surface area contributed by atoms with Gasteiger partial charge in [-0.05, 0) is 25.0 Å². The van der Waals surface area contributed by atoms with Gasteiger partial charge in [-0.3, -0.25) is 19.1 Å². The number of hydrogen-bond donors (Lipinski definition) is 2. The van der Waals surface area contributed by atoms with Gasteiger partial charge in [0.05, 0.1) is 10.5 Å². The van der Waals surface area contributed by atoms with Crippen molar-refractivity contribution in [3.05, 3.63) is 50.7 Å². The lowest BCUT2D eigenvalue weighted by molar-refractivity contribution is 0.0983. The molecular formula is C20H28N4O5S. The van der Waals surface area contributed by atoms with E-state index in [1.54, 1.807) is 6.07 Å². The number of rotatable bonds is 9. The Morgan fingerprint density at radius 3 is 2.37 bits per heavy atom. The third-order valence-electron chi connectivity index (χ3n) is 4.72. The van der Waals surface area contributed by atoms with Crippen molar-refractivity contribution in [3.63, 3.8) is 0 Å². The first kappa shape index (κ1) is 23.4. The van der Waals surface area contributed by atoms with Crippen molar-refractivity contribution in [1.82, 2.24) is 9.55 Å². The van der Waals surface area contributed by atoms with Crippen LogP contribution in [-0.2, 0) is 16.4 Å². The first-order valence-corrected chi connectivity index (χ1v) is 11.8. The molecule has 1 aromatic carbocycles. The number of carbonyl (C=O) groups is 1. The van der Waals surface area contributed by atoms with Crippen LogP contribution in [0.15, 0.2) is 38.8 Å². The minimum absolute atomic E-state index is 0.0544. The number of aromatic amines is 1. The summed E-state index contributed by atoms with van der Waals surface area (Å²) in [6.07, 6.45) is 3.77. The summed E-state index contributed by atoms with van der Waals surface area (Å²) in [5, 5.41) is 0. The molecule has 164 valence electrons. The molecule has 0 unspecified atom stereocenters. The van der Waals surface area contributed by atoms with E-state index in [0.717, 1.165) is 19.1 Å². The number of anilines is 2. The van der Waals surface area contributed by atoms with Crippen LogP contribution < -0.4 is 21.9 Å². The molecule has 2 rings (SSSR count). The fourth-order valence-corrected chi connectivity index (χ4v) is 4.00. The second-order valence-electron chi connectivity index (χ2n) is 7.08. The van der Waals surface area contributed by atoms with E-state index in [9.17, 15) is 22.8 Å². The smallest absolute Gasteiger partial charge is 0.330 e. The number of nitrogen functional groups attached to an aromatic ring is 1. The van der Waals surface area contributed by atoms with Gasteiger partial charge in [-0.1, -0.05) is 38.8 Å². The van der Waals surface area contributed by atoms with Gasteiger partial charge < -0.3 is 10.6 Å². The molecule has 0 spiro atoms. The zero-order valence-electron chi connectivity index (χ0n) is 17.5. The first-order chi connectivity index (χ1) is 14.1. The van der Waals surface area contributed by atoms with Crippen LogP contribution in [0.3, 0.4) is 0 Å². The minimum atomic E-state index is -3.68. The normalized spacial score (nSPS) is 11.4. The fourth-order valence-electron chi connectivity index (χ4n) is 3.12. The molecule has 0 radical (unpaired) electrons. The van der Waals surface area contributed by atoms with Crippen LogP contribution in [0.25, 0.3) is 0 Å². The predicted octanol–water partition coefficient (Wildman–Crippen LogP) is 1.77. The van der Waals surface area contributed by atoms with Crippen molar-refractivity contribution in [2.75, 3.05) is 23.4 Å². The van der Waals surface area contributed by atoms with Gasteiger partial charge in [-0.2, -0.15) is 0 Å². The zero-order chi connectivity index (χ0) is 22.5. The summed E-state index contributed by atoms with van der Waals surface area (Å²) < 4.78 is 25.6. The van der Waals surface area contributed by atoms with Crippen molar-refractivity contribution < 1.29 is 13.2 Å². The van der Waals surface area contributed by atoms with Crippen LogP contribution in [0, 0.1) is 0 Å². The van der Waals surface area contributed by atoms with E-state index in [-0.39, 0.29) is 28.5 Å². The number of aromatic nitrogens is 2. The third kappa shape index (κ3) is 4.99. The fraction of sp³-hybridized carbons (Fsp3) is 0.450. The van der Waals surface area contributed by atoms with Gasteiger partial charge in [0.2, 0.25) is 0 Å². The Bertz CT molecular complexity index is 1130. The predicted molar refractivity (Wildman–Crippen MR) is 117 cm³/mol. The molecule has 0 aliphatic rings. The molecule has 0 saturated heterocycles. The van der Waals surface area contributed by atoms with Crippen molar-refractivity contribution in [2.45, 2.75) is 51.0 Å². The highest BCUT2D eigenvalue weighted by atomic mass is 32.2. The van der Waals surface area contributed by atoms with E-state index >= 15 is 0 Å². The van der Waals surface area contributed by atoms with Crippen LogP contribution in [0.1, 0.15) is 49.9 Å². The zero-order valence-corrected chi connectivity index (χ0v) is 18.3. The van der Waals surface area contributed by atoms with E-state index in [4.69, 9.17) is 5.73 Å². The molecule has 0 atom stereocenters. The number of nitrogens with two attached hydrogens (primary N) is 1. The lowest BCUT2D eigenvalue weighted by Gasteiger charge is -2.25. The Morgan fingerprint density at radius 1 is 1.13 bits per heavy atom. The first-order valence-electron chi connectivity index (χ1n) is 9.87. The molecule has 0 saturated carbocycles. The number of nitrogens with one attached hydrogen (secondary N) is 1. The Labute approximate surface area is 175 Å². The number of sulfone groups is 1. The highest BCUT2D eigenvalue weighted by molar-refractivity contribution is 7.90. The Morgan fingerprint density at radius 2 is 1.77 bits per heavy atom. The maximum absolute atomic E-state index is 13.4. The topological polar surface area (TPSA) is 135 Å². The highest BCUT2D eigenvalue weighted by Crippen LogP contribution is 2.23. The number of nitrogens with zero attached hydrogens (tertiary/aromatic N) is 2. The molecule has 30 heavy (non-hydrogen) atoms. The monoisotopic (exact) mass is 436 g/mol. The largest absolute Gasteiger partial charge is 0.383 e. The van der Waals surface area contributed by atoms with Crippen molar-refractivity contribution in [1.29, 1.82) is 0 Å². The van der Waals surface area contributed by atoms with Crippen LogP contribution in [0.4, 0.5) is 11.5 Å². The van der Waals surface area contributed by atoms with Gasteiger partial charge in [0.15, 0.2) is 15.5 Å². The molecule has 3 N–H and O–H groups in total. The molecule has 1 heterocycles. The second-order valence-corrected chi connectivity index (χ2v) is 9.06. The molecule has 2 aromatic rings. The van der Waals surface area contributed by atoms with Gasteiger partial charge in [-0.15, -0.1) is 0 Å². The number of hydrogen-bond acceptors (Lipinski definition) is 6. The second kappa shape index (κ2) is 9.75. The standard InChI is InChI=1S/C20H28N4O5S/c1-4-6-12-23(19(26)14-10-8-9-11-15(14)30(3,28)29)16-17(21)24(13-7-5-2)20(27)22-18(16)25/h8-11H,4-7,12-13,21H2,1-3H3,(H,22,25,27). The SMILES string of the molecule is CCCCN(C(=O)c1ccccc1S(C)(=O)=O)c1c(N)n(CCCC)c(=O)[nH]c1=O. The summed E-state index contributed by atoms with van der Waals surface area (Å²) in [6.45, 7) is 4.31. The molecule has 9 nitrogen and oxygen atoms in total. The Balaban J connectivity index is 2.70. The lowest BCUT2D eigenvalue weighted by Crippen LogP contribution is -2.42. The van der Waals surface area contributed by atoms with Gasteiger partial charge in [0, 0.05) is 19.3 Å². The van der Waals surface area contributed by atoms with E-state index < -0.39 is 27.0 Å². The maximum Gasteiger partial charge on any atom is 0.330 e. The van der Waals surface area contributed by atoms with Gasteiger partial charge in [-0.25, -0.2) is 13.2 Å². The van der Waals surface area contributed by atoms with Crippen LogP contribution in [0.2, 0.25) is 0 Å². The van der Waals surface area contributed by atoms with E-state index in [2.05, 4.69) is 4.98 Å². The Hall–Kier alpha value is -2.88. The van der Waals surface area contributed by atoms with E-state index in [1.807, 2.05) is 13.8 Å². The van der Waals surface area contributed by atoms with Crippen molar-refractivity contribution in [3.8, 4) is 0 Å². The minimum Gasteiger partial charge on any atom is -0.383 e. The molecular weight excluding hydrogens is 408 g/mol. The van der Waals surface area contributed by atoms with Crippen LogP contribution >= 0.6 is 0 Å². The quantitative estimate of drug-likeness (QED) is 0.615. The van der Waals surface area contributed by atoms with E-state index in [1.165, 1.54) is 27.7 Å². The third-order valence-corrected chi connectivity index (χ3v) is 5.87. The average molecular weight is 437 g/mol. The number of amides is 1. The molecule has 1 aromatic heterocycles. The number of benzene rings is 1. The van der Waals surface area contributed by atoms with Gasteiger partial charge >= 0.3 is 5.69 Å². The molecule has 0 bridgehead atoms. The molecule has 0 aliphatic carbocycles. The van der Waals surface area contributed by atoms with Crippen molar-refractivity contribution >= 4 is 27.2 Å². The molecule has 0 fully saturated rings. The van der Waals surface area contributed by atoms with Crippen LogP contribution in [0.5, 0.6) is 0 Å². The number of unbranched alkanes of at least 4 members (excludes halogenated alkanes) is 2. The highest BCUT2D eigenvalue weighted by Gasteiger charge is 2.28. The van der Waals surface area contributed by atoms with Gasteiger partial charge in [0.25, 0.3) is 11.5 Å². The number of H-pyrrole nitrogens is 1. The average Bonchev–Trinajstić information content (AvgIpc) is 2.69. The molecule has 1 amide bonds. The summed E-state index contributed by atoms with van der Waals surface area (Å²) in [7, 11) is -3.68. The van der Waals surface area contributed by atoms with Gasteiger partial charge in [0.1, 0.15) is 5.82 Å². The van der Waals surface area contributed by atoms with Crippen LogP contribution in [-0.4, -0.2) is 36.7 Å². The summed E-state index contributed by atoms with van der Waals surface area (Å²) in [5.74, 6) is -0.777. The molecule has 0 aliphatic heterocycles. The lowest BCUT2D eigenvalue weighted by atomic mass is 10.1. The number of carbonyl (C=O) groups excluding carboxylic acids is 1. The van der Waals surface area contributed by atoms with Crippen molar-refractivity contribution in [2.24, 2.45) is 0 Å². The summed E-state index contributed by atoms with van der Waals surface area (Å²) in [5.41, 5.74) is 4.54. The summed E-state index contributed by atoms with van der Waals surface area (Å²) in [6, 6.07) is 5.82. The Kier molecular flexibility index (Phi) is 7.60. The molecule has 10 heteroatoms.